The molecule has 0 aliphatic rings. The van der Waals surface area contributed by atoms with E-state index in [1.807, 2.05) is 98.2 Å². The van der Waals surface area contributed by atoms with Gasteiger partial charge in [-0.15, -0.1) is 21.5 Å². The van der Waals surface area contributed by atoms with Crippen LogP contribution in [0.25, 0.3) is 0 Å². The quantitative estimate of drug-likeness (QED) is 0.0186. The number of aliphatic hydroxyl groups excluding tert-OH is 2. The molecular formula is C111H123FN14O16S. The first-order chi connectivity index (χ1) is 69.3. The maximum absolute atomic E-state index is 13.2. The summed E-state index contributed by atoms with van der Waals surface area (Å²) in [5.41, 5.74) is 16.1. The third kappa shape index (κ3) is 34.5. The molecule has 0 bridgehead atoms. The summed E-state index contributed by atoms with van der Waals surface area (Å²) in [7, 11) is 3.15. The number of thiophene rings is 1. The van der Waals surface area contributed by atoms with Gasteiger partial charge < -0.3 is 68.4 Å². The molecule has 0 aliphatic carbocycles. The van der Waals surface area contributed by atoms with Gasteiger partial charge >= 0.3 is 29.8 Å². The summed E-state index contributed by atoms with van der Waals surface area (Å²) in [6.45, 7) is 14.5. The van der Waals surface area contributed by atoms with Crippen molar-refractivity contribution in [2.45, 2.75) is 216 Å². The molecule has 0 aliphatic heterocycles. The Kier molecular flexibility index (Phi) is 42.4. The second kappa shape index (κ2) is 56.1. The van der Waals surface area contributed by atoms with Crippen LogP contribution in [0.5, 0.6) is 23.3 Å². The maximum Gasteiger partial charge on any atom is 0.335 e. The third-order valence-corrected chi connectivity index (χ3v) is 24.0. The lowest BCUT2D eigenvalue weighted by molar-refractivity contribution is 0.0685. The lowest BCUT2D eigenvalue weighted by atomic mass is 10.1. The molecule has 746 valence electrons. The highest BCUT2D eigenvalue weighted by atomic mass is 32.1. The number of aryl methyl sites for hydroxylation is 17. The highest BCUT2D eigenvalue weighted by molar-refractivity contribution is 7.09. The largest absolute Gasteiger partial charge is 0.487 e. The Balaban J connectivity index is 0.000000171. The highest BCUT2D eigenvalue weighted by Gasteiger charge is 2.21. The summed E-state index contributed by atoms with van der Waals surface area (Å²) in [6, 6.07) is 63.9. The van der Waals surface area contributed by atoms with Crippen LogP contribution in [0.4, 0.5) is 4.39 Å². The average molecular weight is 1960 g/mol. The van der Waals surface area contributed by atoms with Crippen LogP contribution in [0.15, 0.2) is 230 Å². The molecule has 4 aromatic carbocycles. The van der Waals surface area contributed by atoms with E-state index in [9.17, 15) is 64.1 Å². The van der Waals surface area contributed by atoms with Crippen molar-refractivity contribution in [3.63, 3.8) is 0 Å². The predicted molar refractivity (Wildman–Crippen MR) is 542 cm³/mol. The maximum atomic E-state index is 13.2. The van der Waals surface area contributed by atoms with Crippen LogP contribution in [0.1, 0.15) is 241 Å². The monoisotopic (exact) mass is 1960 g/mol. The number of hydrogen-bond acceptors (Lipinski definition) is 23. The van der Waals surface area contributed by atoms with E-state index in [0.717, 1.165) is 182 Å². The van der Waals surface area contributed by atoms with Crippen LogP contribution < -0.4 is 18.9 Å². The van der Waals surface area contributed by atoms with Gasteiger partial charge in [0.25, 0.3) is 0 Å². The van der Waals surface area contributed by atoms with Crippen LogP contribution in [-0.4, -0.2) is 149 Å². The van der Waals surface area contributed by atoms with E-state index >= 15 is 0 Å². The van der Waals surface area contributed by atoms with Gasteiger partial charge in [-0.05, 0) is 242 Å². The number of pyridine rings is 7. The highest BCUT2D eigenvalue weighted by Crippen LogP contribution is 2.28. The van der Waals surface area contributed by atoms with Gasteiger partial charge in [0, 0.05) is 125 Å². The first-order valence-corrected chi connectivity index (χ1v) is 48.6. The molecule has 15 aromatic rings. The van der Waals surface area contributed by atoms with Gasteiger partial charge in [-0.3, -0.25) is 24.9 Å². The summed E-state index contributed by atoms with van der Waals surface area (Å²) in [4.78, 5) is 97.7. The number of hydrogen-bond donors (Lipinski definition) is 7. The second-order valence-corrected chi connectivity index (χ2v) is 35.0. The molecule has 7 N–H and O–H groups in total. The Labute approximate surface area is 835 Å². The van der Waals surface area contributed by atoms with E-state index in [2.05, 4.69) is 131 Å². The summed E-state index contributed by atoms with van der Waals surface area (Å²) in [5, 5.41) is 75.5. The van der Waals surface area contributed by atoms with Gasteiger partial charge in [0.1, 0.15) is 53.8 Å². The number of carboxylic acids is 5. The number of nitrogens with zero attached hydrogens (tertiary/aromatic N) is 14. The molecule has 11 heterocycles. The number of carbonyl (C=O) groups is 5. The Morgan fingerprint density at radius 3 is 1.10 bits per heavy atom. The molecule has 11 aromatic heterocycles. The molecule has 0 unspecified atom stereocenters. The molecule has 0 radical (unpaired) electrons. The predicted octanol–water partition coefficient (Wildman–Crippen LogP) is 19.3. The number of benzene rings is 4. The third-order valence-electron chi connectivity index (χ3n) is 23.2. The van der Waals surface area contributed by atoms with Crippen molar-refractivity contribution in [2.75, 3.05) is 14.2 Å². The second-order valence-electron chi connectivity index (χ2n) is 33.9. The number of aromatic nitrogens is 14. The van der Waals surface area contributed by atoms with Crippen molar-refractivity contribution in [1.82, 2.24) is 68.8 Å². The van der Waals surface area contributed by atoms with Crippen LogP contribution in [0, 0.1) is 26.6 Å². The molecule has 32 heteroatoms. The molecule has 0 atom stereocenters. The van der Waals surface area contributed by atoms with Crippen molar-refractivity contribution in [3.8, 4) is 23.3 Å². The normalized spacial score (nSPS) is 10.8. The zero-order valence-electron chi connectivity index (χ0n) is 81.9. The number of rotatable bonds is 46. The van der Waals surface area contributed by atoms with E-state index in [1.165, 1.54) is 46.5 Å². The number of methoxy groups -OCH3 is 2. The van der Waals surface area contributed by atoms with Crippen molar-refractivity contribution in [2.24, 2.45) is 0 Å². The molecule has 0 fully saturated rings. The van der Waals surface area contributed by atoms with Crippen molar-refractivity contribution in [3.05, 3.63) is 394 Å². The van der Waals surface area contributed by atoms with Crippen LogP contribution in [0.3, 0.4) is 0 Å². The van der Waals surface area contributed by atoms with Crippen LogP contribution in [-0.2, 0) is 136 Å². The number of ether oxygens (including phenoxy) is 4. The SMILES string of the molecule is CCc1cnc(CCCc2cc(C(=O)O)cc(C)n2)n1Cc1ccc(F)cc1.CCc1cnc(CCCc2cc(C(=O)O)cc(C)n2)n1Cc1cccs1.CCc1nnc(CCCc2cc(C(=O)O)cc(CO)n2)n1CCCc1ccccc1.COc1ccc(OCc2ccccc2)c(CCCc2cc(C(=O)O)cc(C)n2)n1.COc1ccc(OCc2ccccc2)c(CCCc2cc(C(=O)O)cc(CO)n2)n1. The van der Waals surface area contributed by atoms with E-state index in [-0.39, 0.29) is 41.3 Å². The van der Waals surface area contributed by atoms with Gasteiger partial charge in [0.2, 0.25) is 11.8 Å². The molecule has 30 nitrogen and oxygen atoms in total. The number of imidazole rings is 2. The van der Waals surface area contributed by atoms with E-state index in [4.69, 9.17) is 18.9 Å². The fraction of sp³-hybridized carbons (Fsp3) is 0.315. The minimum Gasteiger partial charge on any atom is -0.487 e. The molecular weight excluding hydrogens is 1840 g/mol. The molecule has 0 amide bonds. The van der Waals surface area contributed by atoms with Crippen molar-refractivity contribution in [1.29, 1.82) is 0 Å². The number of halogens is 1. The van der Waals surface area contributed by atoms with Gasteiger partial charge in [-0.1, -0.05) is 130 Å². The van der Waals surface area contributed by atoms with E-state index in [0.29, 0.717) is 122 Å². The Bertz CT molecular complexity index is 6620. The van der Waals surface area contributed by atoms with E-state index < -0.39 is 29.8 Å². The van der Waals surface area contributed by atoms with Crippen molar-refractivity contribution < 1.29 is 83.1 Å². The number of carboxylic acid groups (broad SMARTS) is 5. The number of aliphatic hydroxyl groups is 2. The van der Waals surface area contributed by atoms with Crippen LogP contribution in [0.2, 0.25) is 0 Å². The number of aromatic carboxylic acids is 5. The van der Waals surface area contributed by atoms with Crippen LogP contribution >= 0.6 is 11.3 Å². The van der Waals surface area contributed by atoms with Gasteiger partial charge in [-0.25, -0.2) is 48.3 Å². The first kappa shape index (κ1) is 108. The zero-order chi connectivity index (χ0) is 102. The smallest absolute Gasteiger partial charge is 0.335 e. The fourth-order valence-corrected chi connectivity index (χ4v) is 16.8. The zero-order valence-corrected chi connectivity index (χ0v) is 82.7. The minimum absolute atomic E-state index is 0.121. The molecule has 0 saturated heterocycles. The minimum atomic E-state index is -1.04. The summed E-state index contributed by atoms with van der Waals surface area (Å²) in [6.07, 6.45) is 19.4. The topological polar surface area (TPSA) is 420 Å². The molecule has 15 rings (SSSR count). The Hall–Kier alpha value is -15.4. The lowest BCUT2D eigenvalue weighted by Gasteiger charge is -2.12. The summed E-state index contributed by atoms with van der Waals surface area (Å²) < 4.78 is 42.3. The summed E-state index contributed by atoms with van der Waals surface area (Å²) in [5.74, 6) is 1.38. The summed E-state index contributed by atoms with van der Waals surface area (Å²) >= 11 is 1.76. The average Bonchev–Trinajstić information content (AvgIpc) is 1.68. The van der Waals surface area contributed by atoms with Gasteiger partial charge in [-0.2, -0.15) is 0 Å². The van der Waals surface area contributed by atoms with Crippen molar-refractivity contribution >= 4 is 41.2 Å². The van der Waals surface area contributed by atoms with Gasteiger partial charge in [0.05, 0.1) is 84.6 Å². The van der Waals surface area contributed by atoms with Gasteiger partial charge in [0.15, 0.2) is 0 Å². The molecule has 0 saturated carbocycles. The molecule has 0 spiro atoms. The fourth-order valence-electron chi connectivity index (χ4n) is 16.1. The Morgan fingerprint density at radius 2 is 0.720 bits per heavy atom. The Morgan fingerprint density at radius 1 is 0.350 bits per heavy atom. The lowest BCUT2D eigenvalue weighted by Crippen LogP contribution is -2.09. The van der Waals surface area contributed by atoms with E-state index in [1.54, 1.807) is 106 Å². The molecule has 143 heavy (non-hydrogen) atoms. The first-order valence-electron chi connectivity index (χ1n) is 47.8. The standard InChI is InChI=1S/C23H28N4O3.C23H24N2O5.C23H24N2O4.C22H24FN3O2.C20H23N3O2S/c1-2-21-25-26-22(27(21)13-7-10-17-8-4-3-5-9-17)12-6-11-19-14-18(23(29)30)15-20(16-28)24-19;1-29-22-11-10-21(30-15-16-6-3-2-4-7-16)20(25-22)9-5-8-18-12-17(23(27)28)13-19(14-26)24-18;1-16-13-18(23(26)27)14-19(24-16)9-6-10-20-21(11-12-22(25-20)28-2)29-15-17-7-4-3-5-8-17;1-3-20-13-24-21(26(20)14-16-7-9-18(23)10-8-16)6-4-5-19-12-17(22(27)28)11-15(2)25-19;1-3-17-12-21-19(23(17)13-18-7-5-9-26-18)8-4-6-16-11-15(20(24)25)10-14(2)22-16/h3-5,8-9,14-15,28H,2,6-7,10-13,16H2,1H3,(H,29,30);2-4,6-7,10-13,26H,5,8-9,14-15H2,1H3,(H,27,28);3-5,7-8,11-14H,6,9-10,15H2,1-2H3,(H,26,27);7-13H,3-6,14H2,1-2H3,(H,27,28);5,7,9-12H,3-4,6,8,13H2,1-2H3,(H,24,25).